The van der Waals surface area contributed by atoms with Crippen molar-refractivity contribution in [3.63, 3.8) is 0 Å². The number of rotatable bonds is 20. The van der Waals surface area contributed by atoms with Crippen LogP contribution < -0.4 is 0 Å². The molecule has 0 saturated carbocycles. The molecular weight excluding hydrogens is 468 g/mol. The summed E-state index contributed by atoms with van der Waals surface area (Å²) in [5.41, 5.74) is 0.415. The van der Waals surface area contributed by atoms with Gasteiger partial charge in [-0.1, -0.05) is 157 Å². The van der Waals surface area contributed by atoms with Gasteiger partial charge in [-0.3, -0.25) is 4.79 Å². The third-order valence-corrected chi connectivity index (χ3v) is 9.02. The van der Waals surface area contributed by atoms with Crippen molar-refractivity contribution in [1.29, 1.82) is 0 Å². The lowest BCUT2D eigenvalue weighted by Crippen LogP contribution is -2.39. The molecule has 1 aliphatic rings. The third-order valence-electron chi connectivity index (χ3n) is 9.02. The van der Waals surface area contributed by atoms with Crippen LogP contribution >= 0.6 is 0 Å². The quantitative estimate of drug-likeness (QED) is 0.153. The van der Waals surface area contributed by atoms with Crippen LogP contribution in [-0.4, -0.2) is 16.2 Å². The molecule has 3 heteroatoms. The molecule has 0 aromatic carbocycles. The largest absolute Gasteiger partial charge is 0.508 e. The average molecular weight is 533 g/mol. The van der Waals surface area contributed by atoms with E-state index in [0.717, 1.165) is 24.8 Å². The van der Waals surface area contributed by atoms with E-state index in [9.17, 15) is 15.0 Å². The highest BCUT2D eigenvalue weighted by Gasteiger charge is 2.45. The smallest absolute Gasteiger partial charge is 0.306 e. The summed E-state index contributed by atoms with van der Waals surface area (Å²) in [6, 6.07) is 0. The Labute approximate surface area is 237 Å². The molecule has 0 radical (unpaired) electrons. The van der Waals surface area contributed by atoms with E-state index in [-0.39, 0.29) is 22.2 Å². The highest BCUT2D eigenvalue weighted by Crippen LogP contribution is 2.53. The van der Waals surface area contributed by atoms with Gasteiger partial charge in [0.05, 0.1) is 5.92 Å². The molecule has 0 aromatic rings. The first kappa shape index (κ1) is 34.8. The predicted molar refractivity (Wildman–Crippen MR) is 165 cm³/mol. The number of aliphatic hydroxyl groups excluding tert-OH is 1. The number of hydrogen-bond acceptors (Lipinski definition) is 2. The van der Waals surface area contributed by atoms with Gasteiger partial charge in [0.2, 0.25) is 0 Å². The summed E-state index contributed by atoms with van der Waals surface area (Å²) in [5, 5.41) is 20.7. The number of allylic oxidation sites excluding steroid dienone is 3. The van der Waals surface area contributed by atoms with Gasteiger partial charge >= 0.3 is 5.97 Å². The molecule has 2 atom stereocenters. The minimum absolute atomic E-state index is 0.0942. The molecule has 1 rings (SSSR count). The molecular formula is C35H64O3. The van der Waals surface area contributed by atoms with Crippen LogP contribution in [-0.2, 0) is 4.79 Å². The summed E-state index contributed by atoms with van der Waals surface area (Å²) in [5.74, 6) is -0.645. The molecule has 1 aliphatic carbocycles. The fraction of sp³-hybridized carbons (Fsp3) is 0.857. The lowest BCUT2D eigenvalue weighted by Gasteiger charge is -2.47. The number of carboxylic acids is 1. The lowest BCUT2D eigenvalue weighted by molar-refractivity contribution is -0.143. The van der Waals surface area contributed by atoms with Crippen LogP contribution in [0.4, 0.5) is 0 Å². The highest BCUT2D eigenvalue weighted by molar-refractivity contribution is 5.70. The van der Waals surface area contributed by atoms with Crippen molar-refractivity contribution >= 4 is 5.97 Å². The molecule has 0 amide bonds. The Morgan fingerprint density at radius 2 is 1.21 bits per heavy atom. The topological polar surface area (TPSA) is 57.5 Å². The molecule has 0 fully saturated rings. The van der Waals surface area contributed by atoms with Gasteiger partial charge in [0, 0.05) is 0 Å². The highest BCUT2D eigenvalue weighted by atomic mass is 16.4. The van der Waals surface area contributed by atoms with E-state index < -0.39 is 5.97 Å². The maximum Gasteiger partial charge on any atom is 0.306 e. The second kappa shape index (κ2) is 17.4. The van der Waals surface area contributed by atoms with Gasteiger partial charge in [-0.15, -0.1) is 0 Å². The van der Waals surface area contributed by atoms with Gasteiger partial charge in [-0.25, -0.2) is 0 Å². The summed E-state index contributed by atoms with van der Waals surface area (Å²) in [6.07, 6.45) is 27.6. The van der Waals surface area contributed by atoms with Crippen LogP contribution in [0.25, 0.3) is 0 Å². The molecule has 0 aliphatic heterocycles. The summed E-state index contributed by atoms with van der Waals surface area (Å²) < 4.78 is 0. The van der Waals surface area contributed by atoms with E-state index in [2.05, 4.69) is 54.5 Å². The second-order valence-electron chi connectivity index (χ2n) is 14.3. The number of hydrogen-bond donors (Lipinski definition) is 2. The van der Waals surface area contributed by atoms with Crippen LogP contribution in [0.1, 0.15) is 170 Å². The molecule has 0 bridgehead atoms. The average Bonchev–Trinajstić information content (AvgIpc) is 2.82. The van der Waals surface area contributed by atoms with Gasteiger partial charge in [-0.2, -0.15) is 0 Å². The Bertz CT molecular complexity index is 718. The zero-order valence-corrected chi connectivity index (χ0v) is 26.5. The maximum atomic E-state index is 12.3. The Balaban J connectivity index is 2.36. The van der Waals surface area contributed by atoms with E-state index in [1.165, 1.54) is 89.9 Å². The van der Waals surface area contributed by atoms with Gasteiger partial charge in [0.15, 0.2) is 0 Å². The number of unbranched alkanes of at least 4 members (excludes halogenated alkanes) is 15. The first-order valence-electron chi connectivity index (χ1n) is 16.2. The van der Waals surface area contributed by atoms with E-state index in [4.69, 9.17) is 0 Å². The molecule has 3 nitrogen and oxygen atoms in total. The Morgan fingerprint density at radius 1 is 0.789 bits per heavy atom. The van der Waals surface area contributed by atoms with E-state index >= 15 is 0 Å². The van der Waals surface area contributed by atoms with Gasteiger partial charge in [0.25, 0.3) is 0 Å². The summed E-state index contributed by atoms with van der Waals surface area (Å²) in [7, 11) is 0. The van der Waals surface area contributed by atoms with Crippen LogP contribution in [0, 0.1) is 22.2 Å². The molecule has 0 spiro atoms. The number of aliphatic carboxylic acids is 1. The SMILES string of the molecule is CCCCCCCCCCCCCCCCCCC(CC1(C(C)(C)C)C=C(C(C)(C)C)C(O)=CC1)C(=O)O. The maximum absolute atomic E-state index is 12.3. The van der Waals surface area contributed by atoms with E-state index in [0.29, 0.717) is 18.6 Å². The summed E-state index contributed by atoms with van der Waals surface area (Å²) >= 11 is 0. The standard InChI is InChI=1S/C35H64O3/c1-8-9-10-11-12-13-14-15-16-17-18-19-20-21-22-23-24-29(32(37)38)27-35(34(5,6)7)26-25-31(36)30(28-35)33(2,3)4/h25,28-29,36H,8-24,26-27H2,1-7H3,(H,37,38). The van der Waals surface area contributed by atoms with Crippen LogP contribution in [0.15, 0.2) is 23.5 Å². The zero-order valence-electron chi connectivity index (χ0n) is 26.5. The predicted octanol–water partition coefficient (Wildman–Crippen LogP) is 11.6. The normalized spacial score (nSPS) is 19.2. The molecule has 0 heterocycles. The minimum atomic E-state index is -0.668. The first-order valence-corrected chi connectivity index (χ1v) is 16.2. The van der Waals surface area contributed by atoms with Gasteiger partial charge in [0.1, 0.15) is 5.76 Å². The Hall–Kier alpha value is -1.25. The fourth-order valence-corrected chi connectivity index (χ4v) is 6.06. The van der Waals surface area contributed by atoms with Crippen LogP contribution in [0.2, 0.25) is 0 Å². The zero-order chi connectivity index (χ0) is 28.7. The Morgan fingerprint density at radius 3 is 1.58 bits per heavy atom. The second-order valence-corrected chi connectivity index (χ2v) is 14.3. The molecule has 222 valence electrons. The van der Waals surface area contributed by atoms with Crippen molar-refractivity contribution < 1.29 is 15.0 Å². The number of aliphatic hydroxyl groups is 1. The van der Waals surface area contributed by atoms with Crippen LogP contribution in [0.5, 0.6) is 0 Å². The molecule has 38 heavy (non-hydrogen) atoms. The molecule has 0 saturated heterocycles. The Kier molecular flexibility index (Phi) is 16.0. The summed E-state index contributed by atoms with van der Waals surface area (Å²) in [6.45, 7) is 15.3. The van der Waals surface area contributed by atoms with Crippen molar-refractivity contribution in [2.24, 2.45) is 22.2 Å². The van der Waals surface area contributed by atoms with Crippen molar-refractivity contribution in [3.05, 3.63) is 23.5 Å². The number of carboxylic acid groups (broad SMARTS) is 1. The van der Waals surface area contributed by atoms with Crippen molar-refractivity contribution in [1.82, 2.24) is 0 Å². The van der Waals surface area contributed by atoms with Gasteiger partial charge in [-0.05, 0) is 47.2 Å². The van der Waals surface area contributed by atoms with Crippen molar-refractivity contribution in [2.45, 2.75) is 170 Å². The monoisotopic (exact) mass is 532 g/mol. The number of carbonyl (C=O) groups is 1. The minimum Gasteiger partial charge on any atom is -0.508 e. The van der Waals surface area contributed by atoms with E-state index in [1.807, 2.05) is 6.08 Å². The third kappa shape index (κ3) is 12.7. The van der Waals surface area contributed by atoms with Crippen molar-refractivity contribution in [3.8, 4) is 0 Å². The molecule has 2 N–H and O–H groups in total. The fourth-order valence-electron chi connectivity index (χ4n) is 6.06. The molecule has 2 unspecified atom stereocenters. The summed E-state index contributed by atoms with van der Waals surface area (Å²) in [4.78, 5) is 12.3. The van der Waals surface area contributed by atoms with Gasteiger partial charge < -0.3 is 10.2 Å². The van der Waals surface area contributed by atoms with Crippen LogP contribution in [0.3, 0.4) is 0 Å². The van der Waals surface area contributed by atoms with Crippen molar-refractivity contribution in [2.75, 3.05) is 0 Å². The molecule has 0 aromatic heterocycles. The van der Waals surface area contributed by atoms with E-state index in [1.54, 1.807) is 0 Å². The first-order chi connectivity index (χ1) is 17.8. The lowest BCUT2D eigenvalue weighted by atomic mass is 9.57.